The minimum absolute atomic E-state index is 0.293. The van der Waals surface area contributed by atoms with Gasteiger partial charge in [0.25, 0.3) is 0 Å². The second-order valence-electron chi connectivity index (χ2n) is 5.85. The standard InChI is InChI=1S/C19H20OSi/c1-21(17-10-4-2-5-11-17,18-12-6-3-7-13-18)19-14-8-9-16(20)15-19/h2-7,10-13,15H,8-9,14H2,1H3. The summed E-state index contributed by atoms with van der Waals surface area (Å²) in [6, 6.07) is 21.4. The molecule has 2 heteroatoms. The highest BCUT2D eigenvalue weighted by molar-refractivity contribution is 7.06. The van der Waals surface area contributed by atoms with Gasteiger partial charge >= 0.3 is 0 Å². The van der Waals surface area contributed by atoms with Crippen molar-refractivity contribution in [3.05, 3.63) is 71.9 Å². The molecule has 2 aromatic rings. The highest BCUT2D eigenvalue weighted by atomic mass is 28.3. The number of rotatable bonds is 3. The van der Waals surface area contributed by atoms with Gasteiger partial charge in [0.15, 0.2) is 5.78 Å². The molecule has 0 saturated heterocycles. The molecule has 0 fully saturated rings. The number of hydrogen-bond donors (Lipinski definition) is 0. The minimum Gasteiger partial charge on any atom is -0.295 e. The van der Waals surface area contributed by atoms with Crippen LogP contribution in [0.5, 0.6) is 0 Å². The summed E-state index contributed by atoms with van der Waals surface area (Å²) in [5, 5.41) is 4.14. The SMILES string of the molecule is C[Si](C1=CC(=O)CCC1)(c1ccccc1)c1ccccc1. The molecule has 21 heavy (non-hydrogen) atoms. The van der Waals surface area contributed by atoms with E-state index in [0.29, 0.717) is 12.2 Å². The second kappa shape index (κ2) is 5.82. The predicted octanol–water partition coefficient (Wildman–Crippen LogP) is 3.10. The number of carbonyl (C=O) groups excluding carboxylic acids is 1. The number of ketones is 1. The molecule has 0 heterocycles. The van der Waals surface area contributed by atoms with Crippen LogP contribution in [0.4, 0.5) is 0 Å². The first-order valence-electron chi connectivity index (χ1n) is 7.56. The van der Waals surface area contributed by atoms with Crippen molar-refractivity contribution in [2.24, 2.45) is 0 Å². The van der Waals surface area contributed by atoms with Gasteiger partial charge < -0.3 is 0 Å². The Hall–Kier alpha value is -1.93. The van der Waals surface area contributed by atoms with Crippen molar-refractivity contribution < 1.29 is 4.79 Å². The third-order valence-electron chi connectivity index (χ3n) is 4.55. The molecule has 0 aromatic heterocycles. The Morgan fingerprint density at radius 2 is 1.33 bits per heavy atom. The maximum Gasteiger partial charge on any atom is 0.155 e. The molecule has 2 aromatic carbocycles. The van der Waals surface area contributed by atoms with Crippen LogP contribution >= 0.6 is 0 Å². The second-order valence-corrected chi connectivity index (χ2v) is 9.89. The molecule has 1 nitrogen and oxygen atoms in total. The Morgan fingerprint density at radius 1 is 0.810 bits per heavy atom. The van der Waals surface area contributed by atoms with Gasteiger partial charge in [0.05, 0.1) is 0 Å². The number of benzene rings is 2. The zero-order valence-corrected chi connectivity index (χ0v) is 13.4. The molecule has 0 saturated carbocycles. The lowest BCUT2D eigenvalue weighted by molar-refractivity contribution is -0.115. The number of hydrogen-bond acceptors (Lipinski definition) is 1. The fourth-order valence-electron chi connectivity index (χ4n) is 3.27. The van der Waals surface area contributed by atoms with Crippen LogP contribution in [-0.4, -0.2) is 13.9 Å². The van der Waals surface area contributed by atoms with Crippen molar-refractivity contribution in [1.82, 2.24) is 0 Å². The normalized spacial score (nSPS) is 15.7. The van der Waals surface area contributed by atoms with Crippen molar-refractivity contribution in [2.75, 3.05) is 0 Å². The summed E-state index contributed by atoms with van der Waals surface area (Å²) >= 11 is 0. The summed E-state index contributed by atoms with van der Waals surface area (Å²) in [6.07, 6.45) is 4.69. The molecule has 0 unspecified atom stereocenters. The molecule has 3 rings (SSSR count). The van der Waals surface area contributed by atoms with E-state index in [4.69, 9.17) is 0 Å². The van der Waals surface area contributed by atoms with Crippen molar-refractivity contribution >= 4 is 24.2 Å². The van der Waals surface area contributed by atoms with E-state index in [2.05, 4.69) is 67.2 Å². The zero-order chi connectivity index (χ0) is 14.7. The number of carbonyl (C=O) groups is 1. The molecule has 1 aliphatic rings. The molecule has 0 amide bonds. The van der Waals surface area contributed by atoms with Gasteiger partial charge in [-0.15, -0.1) is 0 Å². The van der Waals surface area contributed by atoms with Gasteiger partial charge in [-0.25, -0.2) is 0 Å². The molecule has 0 N–H and O–H groups in total. The summed E-state index contributed by atoms with van der Waals surface area (Å²) in [4.78, 5) is 11.9. The Balaban J connectivity index is 2.18. The predicted molar refractivity (Wildman–Crippen MR) is 90.7 cm³/mol. The summed E-state index contributed by atoms with van der Waals surface area (Å²) in [6.45, 7) is 2.38. The third kappa shape index (κ3) is 2.64. The Kier molecular flexibility index (Phi) is 3.89. The van der Waals surface area contributed by atoms with Gasteiger partial charge in [0, 0.05) is 6.42 Å². The molecular weight excluding hydrogens is 272 g/mol. The maximum absolute atomic E-state index is 11.9. The van der Waals surface area contributed by atoms with Crippen molar-refractivity contribution in [3.63, 3.8) is 0 Å². The largest absolute Gasteiger partial charge is 0.295 e. The van der Waals surface area contributed by atoms with Crippen LogP contribution in [0, 0.1) is 0 Å². The highest BCUT2D eigenvalue weighted by Crippen LogP contribution is 2.25. The minimum atomic E-state index is -2.00. The summed E-state index contributed by atoms with van der Waals surface area (Å²) < 4.78 is 0. The van der Waals surface area contributed by atoms with Crippen molar-refractivity contribution in [3.8, 4) is 0 Å². The molecule has 1 aliphatic carbocycles. The van der Waals surface area contributed by atoms with E-state index in [1.807, 2.05) is 6.08 Å². The summed E-state index contributed by atoms with van der Waals surface area (Å²) in [7, 11) is -2.00. The van der Waals surface area contributed by atoms with Gasteiger partial charge in [-0.3, -0.25) is 4.79 Å². The average Bonchev–Trinajstić information content (AvgIpc) is 2.56. The molecule has 0 bridgehead atoms. The van der Waals surface area contributed by atoms with E-state index in [0.717, 1.165) is 12.8 Å². The monoisotopic (exact) mass is 292 g/mol. The van der Waals surface area contributed by atoms with Gasteiger partial charge in [0.2, 0.25) is 0 Å². The Labute approximate surface area is 127 Å². The van der Waals surface area contributed by atoms with E-state index >= 15 is 0 Å². The third-order valence-corrected chi connectivity index (χ3v) is 9.20. The van der Waals surface area contributed by atoms with Gasteiger partial charge in [-0.05, 0) is 29.3 Å². The Morgan fingerprint density at radius 3 is 1.81 bits per heavy atom. The Bertz CT molecular complexity index is 619. The molecule has 0 aliphatic heterocycles. The first-order chi connectivity index (χ1) is 10.2. The van der Waals surface area contributed by atoms with Gasteiger partial charge in [0.1, 0.15) is 8.07 Å². The van der Waals surface area contributed by atoms with E-state index in [9.17, 15) is 4.79 Å². The summed E-state index contributed by atoms with van der Waals surface area (Å²) in [5.41, 5.74) is 0. The molecule has 0 atom stereocenters. The smallest absolute Gasteiger partial charge is 0.155 e. The van der Waals surface area contributed by atoms with E-state index < -0.39 is 8.07 Å². The number of allylic oxidation sites excluding steroid dienone is 2. The van der Waals surface area contributed by atoms with E-state index in [1.54, 1.807) is 0 Å². The summed E-state index contributed by atoms with van der Waals surface area (Å²) in [5.74, 6) is 0.293. The average molecular weight is 292 g/mol. The van der Waals surface area contributed by atoms with Crippen LogP contribution in [0.15, 0.2) is 71.9 Å². The van der Waals surface area contributed by atoms with Crippen LogP contribution < -0.4 is 10.4 Å². The van der Waals surface area contributed by atoms with E-state index in [1.165, 1.54) is 15.6 Å². The van der Waals surface area contributed by atoms with E-state index in [-0.39, 0.29) is 0 Å². The van der Waals surface area contributed by atoms with Crippen LogP contribution in [0.3, 0.4) is 0 Å². The van der Waals surface area contributed by atoms with Crippen LogP contribution in [0.25, 0.3) is 0 Å². The molecule has 0 radical (unpaired) electrons. The van der Waals surface area contributed by atoms with Gasteiger partial charge in [-0.2, -0.15) is 0 Å². The molecular formula is C19H20OSi. The first-order valence-corrected chi connectivity index (χ1v) is 10.1. The molecule has 0 spiro atoms. The fraction of sp³-hybridized carbons (Fsp3) is 0.211. The lowest BCUT2D eigenvalue weighted by atomic mass is 10.1. The highest BCUT2D eigenvalue weighted by Gasteiger charge is 2.36. The van der Waals surface area contributed by atoms with Crippen LogP contribution in [0.2, 0.25) is 6.55 Å². The fourth-order valence-corrected chi connectivity index (χ4v) is 7.19. The van der Waals surface area contributed by atoms with Crippen molar-refractivity contribution in [1.29, 1.82) is 0 Å². The first kappa shape index (κ1) is 14.0. The topological polar surface area (TPSA) is 17.1 Å². The molecule has 106 valence electrons. The maximum atomic E-state index is 11.9. The quantitative estimate of drug-likeness (QED) is 0.795. The van der Waals surface area contributed by atoms with Crippen LogP contribution in [0.1, 0.15) is 19.3 Å². The van der Waals surface area contributed by atoms with Crippen LogP contribution in [-0.2, 0) is 4.79 Å². The van der Waals surface area contributed by atoms with Crippen molar-refractivity contribution in [2.45, 2.75) is 25.8 Å². The lowest BCUT2D eigenvalue weighted by Crippen LogP contribution is -2.58. The van der Waals surface area contributed by atoms with Gasteiger partial charge in [-0.1, -0.05) is 72.4 Å². The zero-order valence-electron chi connectivity index (χ0n) is 12.4. The lowest BCUT2D eigenvalue weighted by Gasteiger charge is -2.33.